The lowest BCUT2D eigenvalue weighted by Gasteiger charge is -2.06. The molecule has 2 aromatic heterocycles. The first-order valence-electron chi connectivity index (χ1n) is 6.36. The Morgan fingerprint density at radius 3 is 2.81 bits per heavy atom. The van der Waals surface area contributed by atoms with E-state index in [-0.39, 0.29) is 25.3 Å². The molecule has 0 saturated carbocycles. The van der Waals surface area contributed by atoms with Crippen LogP contribution < -0.4 is 11.1 Å². The number of hydrogen-bond acceptors (Lipinski definition) is 4. The van der Waals surface area contributed by atoms with Crippen molar-refractivity contribution in [2.45, 2.75) is 25.4 Å². The van der Waals surface area contributed by atoms with Crippen molar-refractivity contribution in [3.05, 3.63) is 23.2 Å². The molecule has 0 atom stereocenters. The number of hydrogen-bond donors (Lipinski definition) is 2. The minimum Gasteiger partial charge on any atom is -0.397 e. The van der Waals surface area contributed by atoms with Gasteiger partial charge in [0, 0.05) is 24.5 Å². The summed E-state index contributed by atoms with van der Waals surface area (Å²) in [6.45, 7) is 0.191. The van der Waals surface area contributed by atoms with Crippen LogP contribution >= 0.6 is 11.3 Å². The van der Waals surface area contributed by atoms with Gasteiger partial charge in [-0.1, -0.05) is 0 Å². The van der Waals surface area contributed by atoms with E-state index in [0.29, 0.717) is 20.8 Å². The molecule has 1 amide bonds. The van der Waals surface area contributed by atoms with Gasteiger partial charge in [-0.15, -0.1) is 11.3 Å². The van der Waals surface area contributed by atoms with Gasteiger partial charge in [0.05, 0.1) is 5.69 Å². The number of rotatable bonds is 5. The lowest BCUT2D eigenvalue weighted by atomic mass is 10.2. The van der Waals surface area contributed by atoms with Crippen LogP contribution in [0.4, 0.5) is 18.9 Å². The molecule has 0 unspecified atom stereocenters. The number of nitrogen functional groups attached to an aromatic ring is 1. The molecule has 0 bridgehead atoms. The van der Waals surface area contributed by atoms with Gasteiger partial charge < -0.3 is 11.1 Å². The number of carbonyl (C=O) groups is 1. The minimum absolute atomic E-state index is 0.00671. The van der Waals surface area contributed by atoms with E-state index in [1.54, 1.807) is 18.3 Å². The first kappa shape index (κ1) is 15.6. The largest absolute Gasteiger partial charge is 0.397 e. The number of alkyl halides is 3. The molecule has 2 aromatic rings. The molecule has 0 aliphatic heterocycles. The van der Waals surface area contributed by atoms with E-state index in [0.717, 1.165) is 0 Å². The van der Waals surface area contributed by atoms with Crippen molar-refractivity contribution in [2.24, 2.45) is 0 Å². The molecule has 21 heavy (non-hydrogen) atoms. The third kappa shape index (κ3) is 4.07. The van der Waals surface area contributed by atoms with Crippen molar-refractivity contribution in [3.63, 3.8) is 0 Å². The van der Waals surface area contributed by atoms with Gasteiger partial charge in [-0.25, -0.2) is 4.98 Å². The summed E-state index contributed by atoms with van der Waals surface area (Å²) in [4.78, 5) is 17.1. The molecule has 0 fully saturated rings. The van der Waals surface area contributed by atoms with Crippen molar-refractivity contribution in [2.75, 3.05) is 12.3 Å². The van der Waals surface area contributed by atoms with E-state index in [4.69, 9.17) is 5.73 Å². The molecule has 114 valence electrons. The van der Waals surface area contributed by atoms with Gasteiger partial charge in [-0.3, -0.25) is 4.79 Å². The lowest BCUT2D eigenvalue weighted by Crippen LogP contribution is -2.24. The molecule has 2 heterocycles. The highest BCUT2D eigenvalue weighted by atomic mass is 32.1. The summed E-state index contributed by atoms with van der Waals surface area (Å²) < 4.78 is 35.9. The highest BCUT2D eigenvalue weighted by Gasteiger charge is 2.25. The number of aromatic nitrogens is 1. The first-order chi connectivity index (χ1) is 9.88. The second-order valence-corrected chi connectivity index (χ2v) is 5.53. The Morgan fingerprint density at radius 2 is 2.14 bits per heavy atom. The quantitative estimate of drug-likeness (QED) is 0.831. The summed E-state index contributed by atoms with van der Waals surface area (Å²) in [7, 11) is 0. The van der Waals surface area contributed by atoms with Gasteiger partial charge in [-0.05, 0) is 25.0 Å². The number of anilines is 1. The van der Waals surface area contributed by atoms with E-state index >= 15 is 0 Å². The fourth-order valence-electron chi connectivity index (χ4n) is 1.85. The average molecular weight is 317 g/mol. The number of pyridine rings is 1. The van der Waals surface area contributed by atoms with Crippen LogP contribution in [0, 0.1) is 0 Å². The third-order valence-electron chi connectivity index (χ3n) is 2.88. The summed E-state index contributed by atoms with van der Waals surface area (Å²) in [5.74, 6) is -0.373. The molecular formula is C13H14F3N3OS. The molecule has 0 aliphatic carbocycles. The maximum atomic E-state index is 12.0. The van der Waals surface area contributed by atoms with Crippen LogP contribution in [0.2, 0.25) is 0 Å². The van der Waals surface area contributed by atoms with Crippen molar-refractivity contribution < 1.29 is 18.0 Å². The fraction of sp³-hybridized carbons (Fsp3) is 0.385. The zero-order chi connectivity index (χ0) is 15.5. The van der Waals surface area contributed by atoms with Gasteiger partial charge in [0.15, 0.2) is 0 Å². The van der Waals surface area contributed by atoms with E-state index in [9.17, 15) is 18.0 Å². The summed E-state index contributed by atoms with van der Waals surface area (Å²) in [5.41, 5.74) is 6.25. The fourth-order valence-corrected chi connectivity index (χ4v) is 2.83. The van der Waals surface area contributed by atoms with Crippen LogP contribution in [0.15, 0.2) is 18.3 Å². The Kier molecular flexibility index (Phi) is 4.66. The maximum Gasteiger partial charge on any atom is 0.389 e. The molecular weight excluding hydrogens is 303 g/mol. The topological polar surface area (TPSA) is 68.0 Å². The number of halogens is 3. The Balaban J connectivity index is 1.89. The van der Waals surface area contributed by atoms with E-state index in [1.165, 1.54) is 11.3 Å². The highest BCUT2D eigenvalue weighted by Crippen LogP contribution is 2.31. The van der Waals surface area contributed by atoms with E-state index in [1.807, 2.05) is 0 Å². The Morgan fingerprint density at radius 1 is 1.38 bits per heavy atom. The SMILES string of the molecule is Nc1c(C(=O)NCCCCC(F)(F)F)sc2ncccc12. The average Bonchev–Trinajstić information content (AvgIpc) is 2.75. The number of nitrogens with two attached hydrogens (primary N) is 1. The molecule has 0 radical (unpaired) electrons. The Hall–Kier alpha value is -1.83. The molecule has 3 N–H and O–H groups in total. The predicted molar refractivity (Wildman–Crippen MR) is 76.3 cm³/mol. The number of thiophene rings is 1. The summed E-state index contributed by atoms with van der Waals surface area (Å²) in [6.07, 6.45) is -3.11. The standard InChI is InChI=1S/C13H14F3N3OS/c14-13(15,16)5-1-2-6-18-11(20)10-9(17)8-4-3-7-19-12(8)21-10/h3-4,7H,1-2,5-6,17H2,(H,18,20). The van der Waals surface area contributed by atoms with Crippen LogP contribution in [0.3, 0.4) is 0 Å². The normalized spacial score (nSPS) is 11.8. The number of nitrogens with one attached hydrogen (secondary N) is 1. The maximum absolute atomic E-state index is 12.0. The number of amides is 1. The smallest absolute Gasteiger partial charge is 0.389 e. The predicted octanol–water partition coefficient (Wildman–Crippen LogP) is 3.34. The summed E-state index contributed by atoms with van der Waals surface area (Å²) >= 11 is 1.17. The molecule has 0 saturated heterocycles. The second-order valence-electron chi connectivity index (χ2n) is 4.53. The number of fused-ring (bicyclic) bond motifs is 1. The number of unbranched alkanes of at least 4 members (excludes halogenated alkanes) is 1. The first-order valence-corrected chi connectivity index (χ1v) is 7.18. The van der Waals surface area contributed by atoms with E-state index < -0.39 is 12.6 Å². The number of carbonyl (C=O) groups excluding carboxylic acids is 1. The molecule has 4 nitrogen and oxygen atoms in total. The van der Waals surface area contributed by atoms with Crippen LogP contribution in [0.25, 0.3) is 10.2 Å². The molecule has 2 rings (SSSR count). The molecule has 0 spiro atoms. The lowest BCUT2D eigenvalue weighted by molar-refractivity contribution is -0.135. The zero-order valence-electron chi connectivity index (χ0n) is 11.0. The number of nitrogens with zero attached hydrogens (tertiary/aromatic N) is 1. The van der Waals surface area contributed by atoms with Gasteiger partial charge >= 0.3 is 6.18 Å². The van der Waals surface area contributed by atoms with Crippen molar-refractivity contribution in [1.82, 2.24) is 10.3 Å². The Bertz CT molecular complexity index is 639. The van der Waals surface area contributed by atoms with Crippen LogP contribution in [-0.4, -0.2) is 23.6 Å². The third-order valence-corrected chi connectivity index (χ3v) is 4.01. The molecule has 8 heteroatoms. The zero-order valence-corrected chi connectivity index (χ0v) is 11.9. The van der Waals surface area contributed by atoms with Crippen LogP contribution in [0.5, 0.6) is 0 Å². The van der Waals surface area contributed by atoms with Gasteiger partial charge in [0.25, 0.3) is 5.91 Å². The molecule has 0 aromatic carbocycles. The summed E-state index contributed by atoms with van der Waals surface area (Å²) in [5, 5.41) is 3.30. The Labute approximate surface area is 123 Å². The second kappa shape index (κ2) is 6.30. The van der Waals surface area contributed by atoms with Gasteiger partial charge in [0.1, 0.15) is 9.71 Å². The van der Waals surface area contributed by atoms with Gasteiger partial charge in [0.2, 0.25) is 0 Å². The highest BCUT2D eigenvalue weighted by molar-refractivity contribution is 7.21. The molecule has 0 aliphatic rings. The monoisotopic (exact) mass is 317 g/mol. The van der Waals surface area contributed by atoms with Gasteiger partial charge in [-0.2, -0.15) is 13.2 Å². The van der Waals surface area contributed by atoms with Crippen molar-refractivity contribution in [3.8, 4) is 0 Å². The van der Waals surface area contributed by atoms with Crippen molar-refractivity contribution in [1.29, 1.82) is 0 Å². The van der Waals surface area contributed by atoms with E-state index in [2.05, 4.69) is 10.3 Å². The minimum atomic E-state index is -4.15. The van der Waals surface area contributed by atoms with Crippen molar-refractivity contribution >= 4 is 33.1 Å². The van der Waals surface area contributed by atoms with Crippen LogP contribution in [0.1, 0.15) is 28.9 Å². The summed E-state index contributed by atoms with van der Waals surface area (Å²) in [6, 6.07) is 3.50. The van der Waals surface area contributed by atoms with Crippen LogP contribution in [-0.2, 0) is 0 Å².